The molecular weight excluding hydrogens is 389 g/mol. The van der Waals surface area contributed by atoms with Gasteiger partial charge in [0.25, 0.3) is 5.56 Å². The minimum Gasteiger partial charge on any atom is -0.298 e. The van der Waals surface area contributed by atoms with Gasteiger partial charge in [0.05, 0.1) is 12.8 Å². The Morgan fingerprint density at radius 2 is 2.00 bits per heavy atom. The van der Waals surface area contributed by atoms with Crippen LogP contribution in [0.4, 0.5) is 10.3 Å². The molecule has 0 saturated carbocycles. The number of hydrogen-bond acceptors (Lipinski definition) is 6. The van der Waals surface area contributed by atoms with Crippen molar-refractivity contribution in [3.05, 3.63) is 86.6 Å². The number of hydrazone groups is 1. The SMILES string of the molecule is Cn1c(=O)c2c(nc(NN=Cc3cccnc3)n2Cc2cccc(F)c2)n(C)c1=O. The molecule has 4 rings (SSSR count). The summed E-state index contributed by atoms with van der Waals surface area (Å²) in [7, 11) is 2.93. The predicted octanol–water partition coefficient (Wildman–Crippen LogP) is 1.46. The quantitative estimate of drug-likeness (QED) is 0.399. The molecule has 3 aromatic heterocycles. The van der Waals surface area contributed by atoms with E-state index in [2.05, 4.69) is 20.5 Å². The molecule has 3 heterocycles. The number of pyridine rings is 1. The Kier molecular flexibility index (Phi) is 4.97. The van der Waals surface area contributed by atoms with Crippen LogP contribution in [0.25, 0.3) is 11.2 Å². The van der Waals surface area contributed by atoms with Crippen molar-refractivity contribution < 1.29 is 4.39 Å². The van der Waals surface area contributed by atoms with Gasteiger partial charge in [-0.15, -0.1) is 0 Å². The van der Waals surface area contributed by atoms with E-state index in [0.717, 1.165) is 10.1 Å². The lowest BCUT2D eigenvalue weighted by Gasteiger charge is -2.09. The van der Waals surface area contributed by atoms with Crippen molar-refractivity contribution in [2.75, 3.05) is 5.43 Å². The third-order valence-corrected chi connectivity index (χ3v) is 4.64. The van der Waals surface area contributed by atoms with Gasteiger partial charge in [0.15, 0.2) is 11.2 Å². The van der Waals surface area contributed by atoms with Gasteiger partial charge < -0.3 is 0 Å². The van der Waals surface area contributed by atoms with E-state index in [1.165, 1.54) is 30.8 Å². The van der Waals surface area contributed by atoms with Crippen LogP contribution in [0.1, 0.15) is 11.1 Å². The Bertz CT molecular complexity index is 1370. The van der Waals surface area contributed by atoms with E-state index in [9.17, 15) is 14.0 Å². The zero-order valence-corrected chi connectivity index (χ0v) is 16.3. The maximum Gasteiger partial charge on any atom is 0.332 e. The average molecular weight is 407 g/mol. The van der Waals surface area contributed by atoms with Crippen molar-refractivity contribution in [2.45, 2.75) is 6.54 Å². The Hall–Kier alpha value is -4.08. The van der Waals surface area contributed by atoms with E-state index in [4.69, 9.17) is 0 Å². The van der Waals surface area contributed by atoms with Crippen LogP contribution in [-0.2, 0) is 20.6 Å². The summed E-state index contributed by atoms with van der Waals surface area (Å²) in [6.07, 6.45) is 4.84. The normalized spacial score (nSPS) is 11.4. The third kappa shape index (κ3) is 3.50. The van der Waals surface area contributed by atoms with Crippen molar-refractivity contribution in [1.29, 1.82) is 0 Å². The standard InChI is InChI=1S/C20H18FN7O2/c1-26-17-16(18(29)27(2)20(26)30)28(12-13-5-3-7-15(21)9-13)19(24-17)25-23-11-14-6-4-8-22-10-14/h3-11H,12H2,1-2H3,(H,24,25). The summed E-state index contributed by atoms with van der Waals surface area (Å²) in [5, 5.41) is 4.16. The second-order valence-corrected chi connectivity index (χ2v) is 6.69. The Morgan fingerprint density at radius 1 is 1.17 bits per heavy atom. The number of imidazole rings is 1. The predicted molar refractivity (Wildman–Crippen MR) is 111 cm³/mol. The molecule has 1 aromatic carbocycles. The monoisotopic (exact) mass is 407 g/mol. The maximum atomic E-state index is 13.7. The number of nitrogens with one attached hydrogen (secondary N) is 1. The highest BCUT2D eigenvalue weighted by Gasteiger charge is 2.19. The summed E-state index contributed by atoms with van der Waals surface area (Å²) < 4.78 is 17.6. The number of aromatic nitrogens is 5. The second-order valence-electron chi connectivity index (χ2n) is 6.69. The zero-order valence-electron chi connectivity index (χ0n) is 16.3. The van der Waals surface area contributed by atoms with E-state index < -0.39 is 11.2 Å². The number of rotatable bonds is 5. The van der Waals surface area contributed by atoms with Crippen LogP contribution in [0.5, 0.6) is 0 Å². The van der Waals surface area contributed by atoms with Crippen molar-refractivity contribution >= 4 is 23.3 Å². The van der Waals surface area contributed by atoms with Crippen molar-refractivity contribution in [1.82, 2.24) is 23.7 Å². The highest BCUT2D eigenvalue weighted by atomic mass is 19.1. The fourth-order valence-electron chi connectivity index (χ4n) is 3.12. The molecule has 0 atom stereocenters. The molecular formula is C20H18FN7O2. The highest BCUT2D eigenvalue weighted by molar-refractivity contribution is 5.80. The van der Waals surface area contributed by atoms with Crippen LogP contribution < -0.4 is 16.7 Å². The Morgan fingerprint density at radius 3 is 2.73 bits per heavy atom. The van der Waals surface area contributed by atoms with Gasteiger partial charge in [0, 0.05) is 32.1 Å². The summed E-state index contributed by atoms with van der Waals surface area (Å²) in [6, 6.07) is 9.65. The molecule has 0 saturated heterocycles. The zero-order chi connectivity index (χ0) is 21.3. The molecule has 1 N–H and O–H groups in total. The topological polar surface area (TPSA) is 99.1 Å². The van der Waals surface area contributed by atoms with Gasteiger partial charge in [-0.2, -0.15) is 10.1 Å². The lowest BCUT2D eigenvalue weighted by atomic mass is 10.2. The van der Waals surface area contributed by atoms with E-state index in [1.807, 2.05) is 6.07 Å². The third-order valence-electron chi connectivity index (χ3n) is 4.64. The molecule has 4 aromatic rings. The van der Waals surface area contributed by atoms with Gasteiger partial charge >= 0.3 is 5.69 Å². The van der Waals surface area contributed by atoms with Crippen molar-refractivity contribution in [2.24, 2.45) is 19.2 Å². The molecule has 0 aliphatic rings. The van der Waals surface area contributed by atoms with E-state index in [1.54, 1.807) is 41.4 Å². The molecule has 0 radical (unpaired) electrons. The van der Waals surface area contributed by atoms with Gasteiger partial charge in [-0.1, -0.05) is 18.2 Å². The highest BCUT2D eigenvalue weighted by Crippen LogP contribution is 2.18. The summed E-state index contributed by atoms with van der Waals surface area (Å²) in [5.41, 5.74) is 3.64. The van der Waals surface area contributed by atoms with Gasteiger partial charge in [-0.05, 0) is 23.8 Å². The van der Waals surface area contributed by atoms with E-state index in [-0.39, 0.29) is 29.5 Å². The Labute approximate surface area is 169 Å². The number of hydrogen-bond donors (Lipinski definition) is 1. The molecule has 0 fully saturated rings. The van der Waals surface area contributed by atoms with Crippen molar-refractivity contribution in [3.8, 4) is 0 Å². The molecule has 0 aliphatic carbocycles. The van der Waals surface area contributed by atoms with Gasteiger partial charge in [0.1, 0.15) is 5.82 Å². The average Bonchev–Trinajstić information content (AvgIpc) is 3.10. The summed E-state index contributed by atoms with van der Waals surface area (Å²) in [5.74, 6) is -0.144. The minimum absolute atomic E-state index is 0.159. The van der Waals surface area contributed by atoms with Gasteiger partial charge in [-0.25, -0.2) is 14.6 Å². The minimum atomic E-state index is -0.499. The number of aryl methyl sites for hydroxylation is 1. The molecule has 30 heavy (non-hydrogen) atoms. The molecule has 0 amide bonds. The van der Waals surface area contributed by atoms with Crippen LogP contribution in [0.3, 0.4) is 0 Å². The van der Waals surface area contributed by atoms with Gasteiger partial charge in [-0.3, -0.25) is 23.5 Å². The van der Waals surface area contributed by atoms with Crippen LogP contribution in [-0.4, -0.2) is 29.9 Å². The second kappa shape index (κ2) is 7.74. The molecule has 152 valence electrons. The van der Waals surface area contributed by atoms with Crippen molar-refractivity contribution in [3.63, 3.8) is 0 Å². The number of halogens is 1. The van der Waals surface area contributed by atoms with Crippen LogP contribution in [0, 0.1) is 5.82 Å². The fraction of sp³-hybridized carbons (Fsp3) is 0.150. The first-order chi connectivity index (χ1) is 14.5. The lowest BCUT2D eigenvalue weighted by Crippen LogP contribution is -2.37. The first-order valence-corrected chi connectivity index (χ1v) is 9.05. The van der Waals surface area contributed by atoms with Crippen LogP contribution in [0.2, 0.25) is 0 Å². The molecule has 9 nitrogen and oxygen atoms in total. The summed E-state index contributed by atoms with van der Waals surface area (Å²) >= 11 is 0. The molecule has 0 aliphatic heterocycles. The summed E-state index contributed by atoms with van der Waals surface area (Å²) in [4.78, 5) is 33.5. The van der Waals surface area contributed by atoms with Crippen LogP contribution >= 0.6 is 0 Å². The smallest absolute Gasteiger partial charge is 0.298 e. The molecule has 10 heteroatoms. The molecule has 0 unspecified atom stereocenters. The number of anilines is 1. The number of nitrogens with zero attached hydrogens (tertiary/aromatic N) is 6. The fourth-order valence-corrected chi connectivity index (χ4v) is 3.12. The van der Waals surface area contributed by atoms with E-state index >= 15 is 0 Å². The first-order valence-electron chi connectivity index (χ1n) is 9.05. The lowest BCUT2D eigenvalue weighted by molar-refractivity contribution is 0.624. The van der Waals surface area contributed by atoms with Crippen LogP contribution in [0.15, 0.2) is 63.5 Å². The van der Waals surface area contributed by atoms with Gasteiger partial charge in [0.2, 0.25) is 5.95 Å². The molecule has 0 spiro atoms. The largest absolute Gasteiger partial charge is 0.332 e. The maximum absolute atomic E-state index is 13.7. The Balaban J connectivity index is 1.84. The molecule has 0 bridgehead atoms. The number of fused-ring (bicyclic) bond motifs is 1. The van der Waals surface area contributed by atoms with E-state index in [0.29, 0.717) is 5.56 Å². The first kappa shape index (κ1) is 19.2. The summed E-state index contributed by atoms with van der Waals surface area (Å²) in [6.45, 7) is 0.159. The number of benzene rings is 1.